The fraction of sp³-hybridized carbons (Fsp3) is 0.154. The maximum absolute atomic E-state index is 12.8. The molecule has 0 spiro atoms. The lowest BCUT2D eigenvalue weighted by molar-refractivity contribution is -0.384. The summed E-state index contributed by atoms with van der Waals surface area (Å²) in [6, 6.07) is 2.86. The van der Waals surface area contributed by atoms with Gasteiger partial charge in [0.05, 0.1) is 9.82 Å². The number of sulfone groups is 1. The Kier molecular flexibility index (Phi) is 4.29. The largest absolute Gasteiger partial charge is 0.481 e. The van der Waals surface area contributed by atoms with E-state index in [1.165, 1.54) is 12.2 Å². The lowest BCUT2D eigenvalue weighted by atomic mass is 9.95. The minimum absolute atomic E-state index is 0.242. The van der Waals surface area contributed by atoms with Crippen LogP contribution in [0.2, 0.25) is 5.02 Å². The number of carboxylic acids is 1. The first-order valence-corrected chi connectivity index (χ1v) is 8.03. The summed E-state index contributed by atoms with van der Waals surface area (Å²) < 4.78 is 25.5. The van der Waals surface area contributed by atoms with E-state index in [1.54, 1.807) is 0 Å². The SMILES string of the molecule is N[C@]1(S(=O)(=O)c2ccc(Cl)c([N+](=O)[O-])c2)C=CC=C[C@@H]1C(=O)O. The summed E-state index contributed by atoms with van der Waals surface area (Å²) in [5, 5.41) is 19.9. The molecule has 1 aliphatic carbocycles. The lowest BCUT2D eigenvalue weighted by Gasteiger charge is -2.31. The van der Waals surface area contributed by atoms with E-state index in [9.17, 15) is 28.4 Å². The Labute approximate surface area is 135 Å². The van der Waals surface area contributed by atoms with Gasteiger partial charge in [0.2, 0.25) is 9.84 Å². The highest BCUT2D eigenvalue weighted by molar-refractivity contribution is 7.93. The summed E-state index contributed by atoms with van der Waals surface area (Å²) in [5.41, 5.74) is 5.26. The van der Waals surface area contributed by atoms with Crippen molar-refractivity contribution in [3.63, 3.8) is 0 Å². The molecule has 2 rings (SSSR count). The van der Waals surface area contributed by atoms with E-state index in [0.717, 1.165) is 30.4 Å². The number of carboxylic acid groups (broad SMARTS) is 1. The van der Waals surface area contributed by atoms with Gasteiger partial charge in [-0.1, -0.05) is 29.8 Å². The standard InChI is InChI=1S/C13H11ClN2O6S/c14-10-5-4-8(7-11(10)16(19)20)23(21,22)13(15)6-2-1-3-9(13)12(17)18/h1-7,9H,15H2,(H,17,18)/t9-,13+/m1/s1. The first-order valence-electron chi connectivity index (χ1n) is 6.17. The van der Waals surface area contributed by atoms with E-state index in [-0.39, 0.29) is 5.02 Å². The summed E-state index contributed by atoms with van der Waals surface area (Å²) in [6.07, 6.45) is 4.86. The molecule has 1 aromatic carbocycles. The number of halogens is 1. The molecule has 1 aliphatic rings. The molecule has 8 nitrogen and oxygen atoms in total. The molecular formula is C13H11ClN2O6S. The average Bonchev–Trinajstić information content (AvgIpc) is 2.47. The molecule has 10 heteroatoms. The third kappa shape index (κ3) is 2.74. The topological polar surface area (TPSA) is 141 Å². The quantitative estimate of drug-likeness (QED) is 0.613. The van der Waals surface area contributed by atoms with Gasteiger partial charge in [-0.25, -0.2) is 8.42 Å². The lowest BCUT2D eigenvalue weighted by Crippen LogP contribution is -2.55. The van der Waals surface area contributed by atoms with Crippen LogP contribution in [0.25, 0.3) is 0 Å². The minimum Gasteiger partial charge on any atom is -0.481 e. The van der Waals surface area contributed by atoms with E-state index in [2.05, 4.69) is 0 Å². The van der Waals surface area contributed by atoms with Crippen molar-refractivity contribution < 1.29 is 23.2 Å². The van der Waals surface area contributed by atoms with Crippen molar-refractivity contribution in [1.29, 1.82) is 0 Å². The fourth-order valence-electron chi connectivity index (χ4n) is 2.17. The van der Waals surface area contributed by atoms with Crippen LogP contribution in [0.1, 0.15) is 0 Å². The zero-order valence-electron chi connectivity index (χ0n) is 11.4. The van der Waals surface area contributed by atoms with Crippen molar-refractivity contribution in [1.82, 2.24) is 0 Å². The molecule has 0 saturated heterocycles. The first-order chi connectivity index (χ1) is 10.6. The van der Waals surface area contributed by atoms with Crippen molar-refractivity contribution in [2.75, 3.05) is 0 Å². The van der Waals surface area contributed by atoms with Crippen LogP contribution >= 0.6 is 11.6 Å². The molecule has 0 radical (unpaired) electrons. The van der Waals surface area contributed by atoms with Crippen molar-refractivity contribution in [2.24, 2.45) is 11.7 Å². The van der Waals surface area contributed by atoms with Crippen molar-refractivity contribution >= 4 is 33.1 Å². The molecule has 0 saturated carbocycles. The highest BCUT2D eigenvalue weighted by Crippen LogP contribution is 2.36. The maximum atomic E-state index is 12.8. The van der Waals surface area contributed by atoms with Gasteiger partial charge in [-0.05, 0) is 18.2 Å². The summed E-state index contributed by atoms with van der Waals surface area (Å²) in [7, 11) is -4.43. The predicted molar refractivity (Wildman–Crippen MR) is 81.6 cm³/mol. The predicted octanol–water partition coefficient (Wildman–Crippen LogP) is 1.50. The van der Waals surface area contributed by atoms with E-state index in [1.807, 2.05) is 0 Å². The molecule has 0 aromatic heterocycles. The molecule has 122 valence electrons. The van der Waals surface area contributed by atoms with Crippen LogP contribution in [0.3, 0.4) is 0 Å². The number of nitro benzene ring substituents is 1. The normalized spacial score (nSPS) is 23.7. The monoisotopic (exact) mass is 358 g/mol. The fourth-order valence-corrected chi connectivity index (χ4v) is 4.05. The average molecular weight is 359 g/mol. The van der Waals surface area contributed by atoms with Crippen molar-refractivity contribution in [2.45, 2.75) is 9.77 Å². The Morgan fingerprint density at radius 2 is 2.04 bits per heavy atom. The van der Waals surface area contributed by atoms with E-state index >= 15 is 0 Å². The Hall–Kier alpha value is -2.23. The summed E-state index contributed by atoms with van der Waals surface area (Å²) >= 11 is 5.65. The van der Waals surface area contributed by atoms with Crippen molar-refractivity contribution in [3.8, 4) is 0 Å². The van der Waals surface area contributed by atoms with Crippen LogP contribution < -0.4 is 5.73 Å². The van der Waals surface area contributed by atoms with Gasteiger partial charge in [0.1, 0.15) is 10.9 Å². The van der Waals surface area contributed by atoms with Gasteiger partial charge in [0.25, 0.3) is 5.69 Å². The molecule has 0 heterocycles. The van der Waals surface area contributed by atoms with E-state index in [4.69, 9.17) is 17.3 Å². The van der Waals surface area contributed by atoms with Gasteiger partial charge < -0.3 is 10.8 Å². The number of benzene rings is 1. The summed E-state index contributed by atoms with van der Waals surface area (Å²) in [4.78, 5) is 18.6. The third-order valence-electron chi connectivity index (χ3n) is 3.41. The van der Waals surface area contributed by atoms with E-state index < -0.39 is 42.1 Å². The van der Waals surface area contributed by atoms with Gasteiger partial charge in [-0.3, -0.25) is 14.9 Å². The first kappa shape index (κ1) is 17.1. The van der Waals surface area contributed by atoms with Crippen LogP contribution in [0.5, 0.6) is 0 Å². The number of hydrogen-bond donors (Lipinski definition) is 2. The van der Waals surface area contributed by atoms with Crippen LogP contribution in [0, 0.1) is 16.0 Å². The molecule has 1 aromatic rings. The van der Waals surface area contributed by atoms with Gasteiger partial charge in [-0.2, -0.15) is 0 Å². The number of carbonyl (C=O) groups is 1. The highest BCUT2D eigenvalue weighted by Gasteiger charge is 2.49. The van der Waals surface area contributed by atoms with Crippen LogP contribution in [0.15, 0.2) is 47.4 Å². The van der Waals surface area contributed by atoms with Crippen LogP contribution in [0.4, 0.5) is 5.69 Å². The molecule has 3 N–H and O–H groups in total. The zero-order valence-corrected chi connectivity index (χ0v) is 13.0. The molecule has 23 heavy (non-hydrogen) atoms. The number of nitrogens with two attached hydrogens (primary N) is 1. The molecule has 0 fully saturated rings. The highest BCUT2D eigenvalue weighted by atomic mass is 35.5. The molecular weight excluding hydrogens is 348 g/mol. The number of rotatable bonds is 4. The van der Waals surface area contributed by atoms with Gasteiger partial charge in [0.15, 0.2) is 4.87 Å². The molecule has 0 aliphatic heterocycles. The Balaban J connectivity index is 2.64. The number of allylic oxidation sites excluding steroid dienone is 2. The second kappa shape index (κ2) is 5.76. The number of aliphatic carboxylic acids is 1. The third-order valence-corrected chi connectivity index (χ3v) is 5.93. The summed E-state index contributed by atoms with van der Waals surface area (Å²) in [5.74, 6) is -2.97. The number of nitro groups is 1. The number of hydrogen-bond acceptors (Lipinski definition) is 6. The van der Waals surface area contributed by atoms with E-state index in [0.29, 0.717) is 0 Å². The second-order valence-corrected chi connectivity index (χ2v) is 7.38. The Morgan fingerprint density at radius 1 is 1.39 bits per heavy atom. The zero-order chi connectivity index (χ0) is 17.4. The molecule has 0 amide bonds. The maximum Gasteiger partial charge on any atom is 0.313 e. The number of nitrogens with zero attached hydrogens (tertiary/aromatic N) is 1. The minimum atomic E-state index is -4.43. The summed E-state index contributed by atoms with van der Waals surface area (Å²) in [6.45, 7) is 0. The van der Waals surface area contributed by atoms with Crippen molar-refractivity contribution in [3.05, 3.63) is 57.6 Å². The Bertz CT molecular complexity index is 848. The van der Waals surface area contributed by atoms with Gasteiger partial charge in [0, 0.05) is 6.07 Å². The van der Waals surface area contributed by atoms with Crippen LogP contribution in [-0.2, 0) is 14.6 Å². The van der Waals surface area contributed by atoms with Crippen LogP contribution in [-0.4, -0.2) is 29.3 Å². The van der Waals surface area contributed by atoms with Gasteiger partial charge >= 0.3 is 5.97 Å². The molecule has 0 bridgehead atoms. The molecule has 0 unspecified atom stereocenters. The second-order valence-electron chi connectivity index (χ2n) is 4.79. The Morgan fingerprint density at radius 3 is 2.61 bits per heavy atom. The smallest absolute Gasteiger partial charge is 0.313 e. The molecule has 2 atom stereocenters. The van der Waals surface area contributed by atoms with Gasteiger partial charge in [-0.15, -0.1) is 0 Å².